The number of nitro benzene ring substituents is 1. The number of carbonyl (C=O) groups excluding carboxylic acids is 1. The van der Waals surface area contributed by atoms with Crippen molar-refractivity contribution in [1.29, 1.82) is 0 Å². The number of hydrogen-bond donors (Lipinski definition) is 2. The van der Waals surface area contributed by atoms with E-state index in [-0.39, 0.29) is 22.9 Å². The predicted molar refractivity (Wildman–Crippen MR) is 130 cm³/mol. The minimum atomic E-state index is -0.543. The van der Waals surface area contributed by atoms with Crippen LogP contribution >= 0.6 is 11.8 Å². The summed E-state index contributed by atoms with van der Waals surface area (Å²) in [7, 11) is 0. The van der Waals surface area contributed by atoms with Crippen molar-refractivity contribution in [2.24, 2.45) is 0 Å². The van der Waals surface area contributed by atoms with E-state index in [9.17, 15) is 20.0 Å². The lowest BCUT2D eigenvalue weighted by Gasteiger charge is -2.14. The number of rotatable bonds is 7. The molecule has 10 heteroatoms. The number of aryl methyl sites for hydroxylation is 2. The lowest BCUT2D eigenvalue weighted by molar-refractivity contribution is -0.383. The van der Waals surface area contributed by atoms with Crippen LogP contribution in [0.15, 0.2) is 71.9 Å². The van der Waals surface area contributed by atoms with Crippen LogP contribution in [0.5, 0.6) is 5.75 Å². The number of nitrogens with zero attached hydrogens (tertiary/aromatic N) is 4. The fourth-order valence-corrected chi connectivity index (χ4v) is 4.27. The third kappa shape index (κ3) is 4.76. The molecule has 172 valence electrons. The summed E-state index contributed by atoms with van der Waals surface area (Å²) in [6.45, 7) is 3.96. The Kier molecular flexibility index (Phi) is 6.60. The van der Waals surface area contributed by atoms with E-state index in [1.54, 1.807) is 34.9 Å². The maximum absolute atomic E-state index is 12.6. The van der Waals surface area contributed by atoms with E-state index in [1.807, 2.05) is 32.0 Å². The minimum absolute atomic E-state index is 0.0458. The predicted octanol–water partition coefficient (Wildman–Crippen LogP) is 4.90. The molecule has 0 aliphatic carbocycles. The fraction of sp³-hybridized carbons (Fsp3) is 0.125. The van der Waals surface area contributed by atoms with Gasteiger partial charge in [-0.3, -0.25) is 19.5 Å². The third-order valence-corrected chi connectivity index (χ3v) is 6.01. The number of nitrogens with one attached hydrogen (secondary N) is 1. The topological polar surface area (TPSA) is 123 Å². The van der Waals surface area contributed by atoms with Crippen LogP contribution in [0.25, 0.3) is 17.1 Å². The molecule has 2 N–H and O–H groups in total. The molecule has 0 saturated carbocycles. The Morgan fingerprint density at radius 3 is 2.56 bits per heavy atom. The number of thioether (sulfide) groups is 1. The van der Waals surface area contributed by atoms with Crippen molar-refractivity contribution in [2.45, 2.75) is 19.0 Å². The number of amides is 1. The van der Waals surface area contributed by atoms with Gasteiger partial charge in [-0.1, -0.05) is 53.7 Å². The van der Waals surface area contributed by atoms with Crippen LogP contribution in [0.3, 0.4) is 0 Å². The molecule has 34 heavy (non-hydrogen) atoms. The van der Waals surface area contributed by atoms with Crippen molar-refractivity contribution >= 4 is 29.0 Å². The van der Waals surface area contributed by atoms with Crippen molar-refractivity contribution in [1.82, 2.24) is 14.8 Å². The van der Waals surface area contributed by atoms with Gasteiger partial charge in [0.05, 0.1) is 21.9 Å². The van der Waals surface area contributed by atoms with Crippen molar-refractivity contribution in [3.8, 4) is 22.8 Å². The molecular weight excluding hydrogens is 454 g/mol. The molecule has 0 unspecified atom stereocenters. The molecule has 1 heterocycles. The van der Waals surface area contributed by atoms with Gasteiger partial charge in [-0.2, -0.15) is 0 Å². The van der Waals surface area contributed by atoms with Crippen LogP contribution in [0.2, 0.25) is 0 Å². The highest BCUT2D eigenvalue weighted by atomic mass is 32.2. The maximum Gasteiger partial charge on any atom is 0.292 e. The van der Waals surface area contributed by atoms with E-state index in [2.05, 4.69) is 15.5 Å². The Balaban J connectivity index is 1.66. The molecule has 0 aliphatic rings. The summed E-state index contributed by atoms with van der Waals surface area (Å²) in [5.74, 6) is 0.0346. The molecule has 0 spiro atoms. The van der Waals surface area contributed by atoms with Gasteiger partial charge < -0.3 is 10.4 Å². The number of carbonyl (C=O) groups is 1. The van der Waals surface area contributed by atoms with E-state index < -0.39 is 10.8 Å². The van der Waals surface area contributed by atoms with Gasteiger partial charge in [-0.15, -0.1) is 10.2 Å². The first-order valence-electron chi connectivity index (χ1n) is 10.3. The number of phenols is 1. The number of para-hydroxylation sites is 3. The minimum Gasteiger partial charge on any atom is -0.507 e. The number of hydrogen-bond acceptors (Lipinski definition) is 7. The van der Waals surface area contributed by atoms with E-state index in [0.717, 1.165) is 28.6 Å². The number of nitro groups is 1. The quantitative estimate of drug-likeness (QED) is 0.221. The number of aromatic hydroxyl groups is 1. The van der Waals surface area contributed by atoms with Crippen molar-refractivity contribution in [3.63, 3.8) is 0 Å². The second kappa shape index (κ2) is 9.75. The zero-order valence-corrected chi connectivity index (χ0v) is 19.2. The molecule has 0 atom stereocenters. The highest BCUT2D eigenvalue weighted by Crippen LogP contribution is 2.34. The van der Waals surface area contributed by atoms with E-state index in [1.165, 1.54) is 18.2 Å². The monoisotopic (exact) mass is 475 g/mol. The standard InChI is InChI=1S/C24H21N5O4S/c1-15-11-12-19(16(2)13-15)28-23(17-7-3-6-10-21(17)30)26-27-24(28)34-14-22(31)25-18-8-4-5-9-20(18)29(32)33/h3-13,30H,14H2,1-2H3,(H,25,31). The van der Waals surface area contributed by atoms with Crippen molar-refractivity contribution < 1.29 is 14.8 Å². The lowest BCUT2D eigenvalue weighted by atomic mass is 10.1. The summed E-state index contributed by atoms with van der Waals surface area (Å²) in [5.41, 5.74) is 3.34. The summed E-state index contributed by atoms with van der Waals surface area (Å²) < 4.78 is 1.80. The molecule has 0 radical (unpaired) electrons. The fourth-order valence-electron chi connectivity index (χ4n) is 3.53. The summed E-state index contributed by atoms with van der Waals surface area (Å²) in [5, 5.41) is 33.2. The Morgan fingerprint density at radius 1 is 1.09 bits per heavy atom. The van der Waals surface area contributed by atoms with Crippen molar-refractivity contribution in [3.05, 3.63) is 88.0 Å². The van der Waals surface area contributed by atoms with Crippen LogP contribution in [0.1, 0.15) is 11.1 Å². The van der Waals surface area contributed by atoms with E-state index in [0.29, 0.717) is 16.5 Å². The molecule has 0 aliphatic heterocycles. The summed E-state index contributed by atoms with van der Waals surface area (Å²) in [4.78, 5) is 23.3. The van der Waals surface area contributed by atoms with Gasteiger partial charge in [0.2, 0.25) is 5.91 Å². The molecule has 1 aromatic heterocycles. The first kappa shape index (κ1) is 23.0. The molecule has 0 bridgehead atoms. The third-order valence-electron chi connectivity index (χ3n) is 5.08. The smallest absolute Gasteiger partial charge is 0.292 e. The van der Waals surface area contributed by atoms with Gasteiger partial charge in [0.25, 0.3) is 5.69 Å². The van der Waals surface area contributed by atoms with Gasteiger partial charge >= 0.3 is 0 Å². The van der Waals surface area contributed by atoms with Gasteiger partial charge in [-0.25, -0.2) is 0 Å². The Labute approximate surface area is 199 Å². The Morgan fingerprint density at radius 2 is 1.82 bits per heavy atom. The average Bonchev–Trinajstić information content (AvgIpc) is 3.21. The number of aromatic nitrogens is 3. The Hall–Kier alpha value is -4.18. The first-order chi connectivity index (χ1) is 16.3. The first-order valence-corrected chi connectivity index (χ1v) is 11.3. The molecule has 0 fully saturated rings. The highest BCUT2D eigenvalue weighted by Gasteiger charge is 2.21. The van der Waals surface area contributed by atoms with Gasteiger partial charge in [0.15, 0.2) is 11.0 Å². The number of benzene rings is 3. The second-order valence-electron chi connectivity index (χ2n) is 7.56. The molecule has 4 aromatic rings. The zero-order valence-electron chi connectivity index (χ0n) is 18.4. The molecule has 3 aromatic carbocycles. The van der Waals surface area contributed by atoms with Crippen LogP contribution in [-0.4, -0.2) is 36.5 Å². The maximum atomic E-state index is 12.6. The van der Waals surface area contributed by atoms with Crippen molar-refractivity contribution in [2.75, 3.05) is 11.1 Å². The average molecular weight is 476 g/mol. The molecule has 9 nitrogen and oxygen atoms in total. The van der Waals surface area contributed by atoms with Gasteiger partial charge in [0, 0.05) is 6.07 Å². The normalized spacial score (nSPS) is 10.8. The van der Waals surface area contributed by atoms with Gasteiger partial charge in [-0.05, 0) is 43.7 Å². The van der Waals surface area contributed by atoms with Crippen LogP contribution in [0, 0.1) is 24.0 Å². The molecule has 0 saturated heterocycles. The number of anilines is 1. The lowest BCUT2D eigenvalue weighted by Crippen LogP contribution is -2.15. The van der Waals surface area contributed by atoms with Crippen LogP contribution in [0.4, 0.5) is 11.4 Å². The number of phenolic OH excluding ortho intramolecular Hbond substituents is 1. The molecule has 4 rings (SSSR count). The summed E-state index contributed by atoms with van der Waals surface area (Å²) in [6.07, 6.45) is 0. The van der Waals surface area contributed by atoms with Gasteiger partial charge in [0.1, 0.15) is 11.4 Å². The Bertz CT molecular complexity index is 1390. The summed E-state index contributed by atoms with van der Waals surface area (Å²) in [6, 6.07) is 18.7. The second-order valence-corrected chi connectivity index (χ2v) is 8.50. The van der Waals surface area contributed by atoms with Crippen LogP contribution < -0.4 is 5.32 Å². The molecular formula is C24H21N5O4S. The van der Waals surface area contributed by atoms with E-state index >= 15 is 0 Å². The molecule has 1 amide bonds. The van der Waals surface area contributed by atoms with Crippen LogP contribution in [-0.2, 0) is 4.79 Å². The van der Waals surface area contributed by atoms with E-state index in [4.69, 9.17) is 0 Å². The zero-order chi connectivity index (χ0) is 24.2. The largest absolute Gasteiger partial charge is 0.507 e. The highest BCUT2D eigenvalue weighted by molar-refractivity contribution is 7.99. The SMILES string of the molecule is Cc1ccc(-n2c(SCC(=O)Nc3ccccc3[N+](=O)[O-])nnc2-c2ccccc2O)c(C)c1. The summed E-state index contributed by atoms with van der Waals surface area (Å²) >= 11 is 1.14.